The molecule has 0 aliphatic carbocycles. The molecule has 11 heteroatoms. The molecule has 0 aliphatic heterocycles. The number of aromatic hydroxyl groups is 1. The molecule has 0 atom stereocenters. The minimum absolute atomic E-state index is 0.0361. The highest BCUT2D eigenvalue weighted by molar-refractivity contribution is 5.83. The zero-order chi connectivity index (χ0) is 19.8. The first kappa shape index (κ1) is 18.4. The molecule has 0 saturated carbocycles. The average Bonchev–Trinajstić information content (AvgIpc) is 2.91. The molecule has 27 heavy (non-hydrogen) atoms. The van der Waals surface area contributed by atoms with Gasteiger partial charge in [0, 0.05) is 0 Å². The minimum Gasteiger partial charge on any atom is -0.480 e. The van der Waals surface area contributed by atoms with Gasteiger partial charge in [0.2, 0.25) is 5.82 Å². The monoisotopic (exact) mass is 381 g/mol. The van der Waals surface area contributed by atoms with Gasteiger partial charge < -0.3 is 15.6 Å². The number of aromatic nitrogens is 4. The number of ether oxygens (including phenoxy) is 1. The molecule has 0 unspecified atom stereocenters. The Labute approximate surface area is 150 Å². The van der Waals surface area contributed by atoms with Crippen molar-refractivity contribution in [1.82, 2.24) is 19.5 Å². The molecule has 0 amide bonds. The van der Waals surface area contributed by atoms with Crippen LogP contribution in [0.3, 0.4) is 0 Å². The summed E-state index contributed by atoms with van der Waals surface area (Å²) in [5, 5.41) is 10.0. The van der Waals surface area contributed by atoms with Crippen molar-refractivity contribution < 1.29 is 27.8 Å². The Bertz CT molecular complexity index is 1020. The van der Waals surface area contributed by atoms with Crippen molar-refractivity contribution in [3.05, 3.63) is 41.2 Å². The molecule has 2 aromatic heterocycles. The second-order valence-electron chi connectivity index (χ2n) is 5.67. The molecule has 0 spiro atoms. The highest BCUT2D eigenvalue weighted by atomic mass is 19.4. The summed E-state index contributed by atoms with van der Waals surface area (Å²) in [6, 6.07) is 6.17. The number of methoxy groups -OCH3 is 1. The van der Waals surface area contributed by atoms with Crippen LogP contribution in [-0.4, -0.2) is 37.7 Å². The number of imidazole rings is 1. The zero-order valence-corrected chi connectivity index (χ0v) is 14.0. The van der Waals surface area contributed by atoms with Gasteiger partial charge in [0.1, 0.15) is 0 Å². The third-order valence-electron chi connectivity index (χ3n) is 3.76. The molecule has 3 aromatic rings. The van der Waals surface area contributed by atoms with Crippen LogP contribution in [0, 0.1) is 0 Å². The average molecular weight is 381 g/mol. The lowest BCUT2D eigenvalue weighted by Gasteiger charge is -2.09. The Kier molecular flexibility index (Phi) is 4.60. The van der Waals surface area contributed by atoms with E-state index in [-0.39, 0.29) is 24.1 Å². The summed E-state index contributed by atoms with van der Waals surface area (Å²) in [4.78, 5) is 21.8. The standard InChI is InChI=1S/C16H14F3N5O3/c1-27-10(25)6-8-3-2-4-9(5-8)7-24-13-11(21-15(24)26)12(20)22-14(23-13)16(17,18)19/h2-5H,6-7H2,1H3,(H,21,26)(H2,20,22,23). The lowest BCUT2D eigenvalue weighted by atomic mass is 10.1. The number of carbonyl (C=O) groups is 1. The van der Waals surface area contributed by atoms with Gasteiger partial charge in [0.15, 0.2) is 17.0 Å². The molecule has 0 aliphatic rings. The van der Waals surface area contributed by atoms with Crippen LogP contribution >= 0.6 is 0 Å². The number of anilines is 1. The van der Waals surface area contributed by atoms with Crippen LogP contribution in [0.1, 0.15) is 17.0 Å². The fourth-order valence-corrected chi connectivity index (χ4v) is 2.54. The van der Waals surface area contributed by atoms with Crippen LogP contribution in [0.2, 0.25) is 0 Å². The Morgan fingerprint density at radius 1 is 1.26 bits per heavy atom. The number of nitrogens with zero attached hydrogens (tertiary/aromatic N) is 4. The SMILES string of the molecule is COC(=O)Cc1cccc(Cn2c(O)nc3c(N)nc(C(F)(F)F)nc32)c1. The zero-order valence-electron chi connectivity index (χ0n) is 14.0. The summed E-state index contributed by atoms with van der Waals surface area (Å²) in [6.07, 6.45) is -4.76. The van der Waals surface area contributed by atoms with Gasteiger partial charge in [-0.05, 0) is 11.1 Å². The summed E-state index contributed by atoms with van der Waals surface area (Å²) in [7, 11) is 1.27. The number of hydrogen-bond acceptors (Lipinski definition) is 7. The van der Waals surface area contributed by atoms with Crippen molar-refractivity contribution in [3.63, 3.8) is 0 Å². The number of nitrogens with two attached hydrogens (primary N) is 1. The van der Waals surface area contributed by atoms with E-state index in [9.17, 15) is 23.1 Å². The van der Waals surface area contributed by atoms with Crippen molar-refractivity contribution in [2.45, 2.75) is 19.1 Å². The fourth-order valence-electron chi connectivity index (χ4n) is 2.54. The summed E-state index contributed by atoms with van der Waals surface area (Å²) in [6.45, 7) is -0.0366. The topological polar surface area (TPSA) is 116 Å². The van der Waals surface area contributed by atoms with E-state index in [4.69, 9.17) is 5.73 Å². The van der Waals surface area contributed by atoms with Crippen LogP contribution < -0.4 is 5.73 Å². The summed E-state index contributed by atoms with van der Waals surface area (Å²) in [5.74, 6) is -2.34. The normalized spacial score (nSPS) is 11.7. The van der Waals surface area contributed by atoms with Gasteiger partial charge in [-0.15, -0.1) is 0 Å². The predicted octanol–water partition coefficient (Wildman–Crippen LogP) is 1.90. The van der Waals surface area contributed by atoms with Gasteiger partial charge in [-0.2, -0.15) is 18.2 Å². The molecular weight excluding hydrogens is 367 g/mol. The highest BCUT2D eigenvalue weighted by Gasteiger charge is 2.36. The van der Waals surface area contributed by atoms with E-state index in [1.54, 1.807) is 24.3 Å². The Balaban J connectivity index is 2.02. The van der Waals surface area contributed by atoms with E-state index in [1.807, 2.05) is 0 Å². The summed E-state index contributed by atoms with van der Waals surface area (Å²) in [5.41, 5.74) is 6.41. The van der Waals surface area contributed by atoms with E-state index in [0.29, 0.717) is 11.1 Å². The van der Waals surface area contributed by atoms with Crippen molar-refractivity contribution in [2.75, 3.05) is 12.8 Å². The van der Waals surface area contributed by atoms with Gasteiger partial charge in [-0.25, -0.2) is 9.97 Å². The van der Waals surface area contributed by atoms with Crippen LogP contribution in [-0.2, 0) is 28.7 Å². The van der Waals surface area contributed by atoms with E-state index in [1.165, 1.54) is 7.11 Å². The summed E-state index contributed by atoms with van der Waals surface area (Å²) < 4.78 is 44.5. The second kappa shape index (κ2) is 6.74. The molecule has 1 aromatic carbocycles. The number of carbonyl (C=O) groups excluding carboxylic acids is 1. The molecule has 0 bridgehead atoms. The van der Waals surface area contributed by atoms with E-state index < -0.39 is 29.8 Å². The van der Waals surface area contributed by atoms with Gasteiger partial charge in [0.25, 0.3) is 6.01 Å². The molecule has 0 saturated heterocycles. The number of esters is 1. The number of fused-ring (bicyclic) bond motifs is 1. The van der Waals surface area contributed by atoms with E-state index in [0.717, 1.165) is 4.57 Å². The van der Waals surface area contributed by atoms with Crippen LogP contribution in [0.5, 0.6) is 6.01 Å². The largest absolute Gasteiger partial charge is 0.480 e. The van der Waals surface area contributed by atoms with Crippen molar-refractivity contribution in [3.8, 4) is 6.01 Å². The Morgan fingerprint density at radius 2 is 1.96 bits per heavy atom. The maximum absolute atomic E-state index is 13.0. The molecule has 2 heterocycles. The van der Waals surface area contributed by atoms with Gasteiger partial charge >= 0.3 is 12.1 Å². The number of hydrogen-bond donors (Lipinski definition) is 2. The number of rotatable bonds is 4. The number of halogens is 3. The highest BCUT2D eigenvalue weighted by Crippen LogP contribution is 2.31. The number of benzene rings is 1. The first-order valence-corrected chi connectivity index (χ1v) is 7.63. The van der Waals surface area contributed by atoms with Gasteiger partial charge in [-0.3, -0.25) is 9.36 Å². The molecule has 3 rings (SSSR count). The maximum Gasteiger partial charge on any atom is 0.451 e. The van der Waals surface area contributed by atoms with Crippen LogP contribution in [0.4, 0.5) is 19.0 Å². The van der Waals surface area contributed by atoms with E-state index in [2.05, 4.69) is 19.7 Å². The number of nitrogen functional groups attached to an aromatic ring is 1. The molecule has 142 valence electrons. The lowest BCUT2D eigenvalue weighted by molar-refractivity contribution is -0.144. The molecule has 0 fully saturated rings. The van der Waals surface area contributed by atoms with Crippen LogP contribution in [0.25, 0.3) is 11.2 Å². The van der Waals surface area contributed by atoms with Crippen molar-refractivity contribution >= 4 is 23.0 Å². The Hall–Kier alpha value is -3.37. The second-order valence-corrected chi connectivity index (χ2v) is 5.67. The van der Waals surface area contributed by atoms with Gasteiger partial charge in [0.05, 0.1) is 20.1 Å². The first-order chi connectivity index (χ1) is 12.7. The third kappa shape index (κ3) is 3.76. The fraction of sp³-hybridized carbons (Fsp3) is 0.250. The third-order valence-corrected chi connectivity index (χ3v) is 3.76. The van der Waals surface area contributed by atoms with Gasteiger partial charge in [-0.1, -0.05) is 24.3 Å². The predicted molar refractivity (Wildman–Crippen MR) is 87.7 cm³/mol. The summed E-state index contributed by atoms with van der Waals surface area (Å²) >= 11 is 0. The van der Waals surface area contributed by atoms with Crippen molar-refractivity contribution in [2.24, 2.45) is 0 Å². The Morgan fingerprint density at radius 3 is 2.63 bits per heavy atom. The lowest BCUT2D eigenvalue weighted by Crippen LogP contribution is -2.14. The number of alkyl halides is 3. The quantitative estimate of drug-likeness (QED) is 0.663. The maximum atomic E-state index is 13.0. The van der Waals surface area contributed by atoms with E-state index >= 15 is 0 Å². The van der Waals surface area contributed by atoms with Crippen LogP contribution in [0.15, 0.2) is 24.3 Å². The molecule has 0 radical (unpaired) electrons. The van der Waals surface area contributed by atoms with Crippen molar-refractivity contribution in [1.29, 1.82) is 0 Å². The first-order valence-electron chi connectivity index (χ1n) is 7.63. The minimum atomic E-state index is -4.80. The molecule has 8 nitrogen and oxygen atoms in total. The molecular formula is C16H14F3N5O3. The smallest absolute Gasteiger partial charge is 0.451 e. The molecule has 3 N–H and O–H groups in total.